The molecule has 24 heavy (non-hydrogen) atoms. The van der Waals surface area contributed by atoms with Crippen LogP contribution in [0.3, 0.4) is 0 Å². The Morgan fingerprint density at radius 1 is 1.21 bits per heavy atom. The molecule has 0 aliphatic rings. The molecular weight excluding hydrogens is 355 g/mol. The molecule has 1 rings (SSSR count). The average Bonchev–Trinajstić information content (AvgIpc) is 2.45. The molecule has 3 N–H and O–H groups in total. The number of carbonyl (C=O) groups excluding carboxylic acids is 1. The molecule has 1 aromatic rings. The van der Waals surface area contributed by atoms with E-state index in [-0.39, 0.29) is 35.0 Å². The Bertz CT molecular complexity index is 621. The van der Waals surface area contributed by atoms with E-state index in [2.05, 4.69) is 5.32 Å². The molecule has 2 atom stereocenters. The van der Waals surface area contributed by atoms with Gasteiger partial charge in [-0.15, -0.1) is 12.4 Å². The summed E-state index contributed by atoms with van der Waals surface area (Å²) in [7, 11) is -3.65. The van der Waals surface area contributed by atoms with Crippen molar-refractivity contribution in [3.8, 4) is 0 Å². The Hall–Kier alpha value is -1.18. The second-order valence-electron chi connectivity index (χ2n) is 6.21. The minimum Gasteiger partial charge on any atom is -0.352 e. The number of hydrogen-bond donors (Lipinski definition) is 2. The minimum absolute atomic E-state index is 0. The zero-order valence-electron chi connectivity index (χ0n) is 14.2. The molecule has 2 unspecified atom stereocenters. The third-order valence-electron chi connectivity index (χ3n) is 3.48. The summed E-state index contributed by atoms with van der Waals surface area (Å²) < 4.78 is 37.4. The summed E-state index contributed by atoms with van der Waals surface area (Å²) in [6.07, 6.45) is 0.736. The number of amides is 1. The molecule has 5 nitrogen and oxygen atoms in total. The molecule has 8 heteroatoms. The predicted molar refractivity (Wildman–Crippen MR) is 95.3 cm³/mol. The van der Waals surface area contributed by atoms with E-state index in [4.69, 9.17) is 5.73 Å². The topological polar surface area (TPSA) is 89.3 Å². The molecule has 0 aromatic heterocycles. The lowest BCUT2D eigenvalue weighted by atomic mass is 10.0. The van der Waals surface area contributed by atoms with Crippen LogP contribution < -0.4 is 11.1 Å². The summed E-state index contributed by atoms with van der Waals surface area (Å²) in [6.45, 7) is 5.91. The highest BCUT2D eigenvalue weighted by Gasteiger charge is 2.24. The van der Waals surface area contributed by atoms with Gasteiger partial charge in [0.25, 0.3) is 0 Å². The van der Waals surface area contributed by atoms with Crippen LogP contribution in [0.25, 0.3) is 0 Å². The Morgan fingerprint density at radius 2 is 1.75 bits per heavy atom. The normalized spacial score (nSPS) is 13.9. The molecule has 0 saturated carbocycles. The summed E-state index contributed by atoms with van der Waals surface area (Å²) in [5.74, 6) is -1.52. The van der Waals surface area contributed by atoms with E-state index >= 15 is 0 Å². The molecule has 1 amide bonds. The summed E-state index contributed by atoms with van der Waals surface area (Å²) >= 11 is 0. The lowest BCUT2D eigenvalue weighted by Crippen LogP contribution is -2.44. The molecule has 138 valence electrons. The molecule has 0 radical (unpaired) electrons. The first-order chi connectivity index (χ1) is 10.7. The highest BCUT2D eigenvalue weighted by atomic mass is 35.5. The maximum Gasteiger partial charge on any atom is 0.224 e. The first-order valence-corrected chi connectivity index (χ1v) is 9.29. The monoisotopic (exact) mass is 380 g/mol. The van der Waals surface area contributed by atoms with Crippen LogP contribution >= 0.6 is 12.4 Å². The predicted octanol–water partition coefficient (Wildman–Crippen LogP) is 2.15. The van der Waals surface area contributed by atoms with E-state index in [1.54, 1.807) is 6.92 Å². The number of nitrogens with two attached hydrogens (primary N) is 1. The Kier molecular flexibility index (Phi) is 9.47. The average molecular weight is 381 g/mol. The number of hydrogen-bond acceptors (Lipinski definition) is 4. The van der Waals surface area contributed by atoms with Gasteiger partial charge in [0.05, 0.1) is 10.6 Å². The molecule has 0 aliphatic heterocycles. The van der Waals surface area contributed by atoms with Crippen LogP contribution in [0.5, 0.6) is 0 Å². The first kappa shape index (κ1) is 22.8. The molecule has 0 bridgehead atoms. The maximum atomic E-state index is 12.9. The van der Waals surface area contributed by atoms with E-state index in [0.29, 0.717) is 12.5 Å². The second-order valence-corrected chi connectivity index (χ2v) is 8.24. The van der Waals surface area contributed by atoms with Crippen molar-refractivity contribution in [1.82, 2.24) is 5.32 Å². The van der Waals surface area contributed by atoms with E-state index in [0.717, 1.165) is 18.6 Å². The van der Waals surface area contributed by atoms with E-state index in [1.165, 1.54) is 12.1 Å². The minimum atomic E-state index is -3.65. The fourth-order valence-electron chi connectivity index (χ4n) is 2.27. The summed E-state index contributed by atoms with van der Waals surface area (Å²) in [5, 5.41) is 2.79. The van der Waals surface area contributed by atoms with Crippen LogP contribution in [-0.2, 0) is 14.6 Å². The second kappa shape index (κ2) is 9.96. The van der Waals surface area contributed by atoms with Gasteiger partial charge in [0.1, 0.15) is 5.82 Å². The van der Waals surface area contributed by atoms with Crippen LogP contribution in [0.2, 0.25) is 0 Å². The van der Waals surface area contributed by atoms with E-state index in [9.17, 15) is 17.6 Å². The van der Waals surface area contributed by atoms with Crippen molar-refractivity contribution in [2.75, 3.05) is 12.3 Å². The molecule has 1 aromatic carbocycles. The fourth-order valence-corrected chi connectivity index (χ4v) is 3.82. The highest BCUT2D eigenvalue weighted by Crippen LogP contribution is 2.15. The zero-order chi connectivity index (χ0) is 17.6. The summed E-state index contributed by atoms with van der Waals surface area (Å²) in [5.41, 5.74) is 5.63. The van der Waals surface area contributed by atoms with Gasteiger partial charge < -0.3 is 11.1 Å². The van der Waals surface area contributed by atoms with Gasteiger partial charge in [-0.05, 0) is 36.6 Å². The maximum absolute atomic E-state index is 12.9. The third-order valence-corrected chi connectivity index (χ3v) is 5.41. The number of halogens is 2. The SMILES string of the molecule is CC(C)CC(CN)NC(=O)C(C)CS(=O)(=O)c1ccc(F)cc1.Cl. The van der Waals surface area contributed by atoms with Gasteiger partial charge in [0.2, 0.25) is 5.91 Å². The lowest BCUT2D eigenvalue weighted by Gasteiger charge is -2.21. The molecule has 0 fully saturated rings. The quantitative estimate of drug-likeness (QED) is 0.676. The highest BCUT2D eigenvalue weighted by molar-refractivity contribution is 7.91. The van der Waals surface area contributed by atoms with Gasteiger partial charge in [-0.25, -0.2) is 12.8 Å². The largest absolute Gasteiger partial charge is 0.352 e. The smallest absolute Gasteiger partial charge is 0.224 e. The van der Waals surface area contributed by atoms with Crippen LogP contribution in [-0.4, -0.2) is 32.7 Å². The molecule has 0 saturated heterocycles. The number of nitrogens with one attached hydrogen (secondary N) is 1. The van der Waals surface area contributed by atoms with Crippen molar-refractivity contribution in [1.29, 1.82) is 0 Å². The zero-order valence-corrected chi connectivity index (χ0v) is 15.8. The third kappa shape index (κ3) is 7.15. The van der Waals surface area contributed by atoms with Gasteiger partial charge in [-0.3, -0.25) is 4.79 Å². The van der Waals surface area contributed by atoms with Gasteiger partial charge >= 0.3 is 0 Å². The Balaban J connectivity index is 0.00000529. The van der Waals surface area contributed by atoms with Crippen molar-refractivity contribution in [3.05, 3.63) is 30.1 Å². The molecular formula is C16H26ClFN2O3S. The number of sulfone groups is 1. The van der Waals surface area contributed by atoms with Crippen LogP contribution in [0, 0.1) is 17.7 Å². The number of rotatable bonds is 8. The molecule has 0 heterocycles. The number of carbonyl (C=O) groups is 1. The van der Waals surface area contributed by atoms with Crippen molar-refractivity contribution in [2.24, 2.45) is 17.6 Å². The van der Waals surface area contributed by atoms with Gasteiger partial charge in [-0.2, -0.15) is 0 Å². The lowest BCUT2D eigenvalue weighted by molar-refractivity contribution is -0.124. The Labute approximate surface area is 149 Å². The fraction of sp³-hybridized carbons (Fsp3) is 0.562. The van der Waals surface area contributed by atoms with Gasteiger partial charge in [0, 0.05) is 18.5 Å². The van der Waals surface area contributed by atoms with E-state index < -0.39 is 21.6 Å². The van der Waals surface area contributed by atoms with Crippen molar-refractivity contribution < 1.29 is 17.6 Å². The number of benzene rings is 1. The first-order valence-electron chi connectivity index (χ1n) is 7.64. The Morgan fingerprint density at radius 3 is 2.21 bits per heavy atom. The molecule has 0 spiro atoms. The van der Waals surface area contributed by atoms with Crippen molar-refractivity contribution >= 4 is 28.2 Å². The van der Waals surface area contributed by atoms with Crippen molar-refractivity contribution in [2.45, 2.75) is 38.1 Å². The standard InChI is InChI=1S/C16H25FN2O3S.ClH/c1-11(2)8-14(9-18)19-16(20)12(3)10-23(21,22)15-6-4-13(17)5-7-15;/h4-7,11-12,14H,8-10,18H2,1-3H3,(H,19,20);1H. The van der Waals surface area contributed by atoms with Crippen LogP contribution in [0.1, 0.15) is 27.2 Å². The van der Waals surface area contributed by atoms with Crippen LogP contribution in [0.15, 0.2) is 29.2 Å². The molecule has 0 aliphatic carbocycles. The van der Waals surface area contributed by atoms with E-state index in [1.807, 2.05) is 13.8 Å². The van der Waals surface area contributed by atoms with Crippen LogP contribution in [0.4, 0.5) is 4.39 Å². The summed E-state index contributed by atoms with van der Waals surface area (Å²) in [4.78, 5) is 12.2. The van der Waals surface area contributed by atoms with Gasteiger partial charge in [-0.1, -0.05) is 20.8 Å². The van der Waals surface area contributed by atoms with Crippen molar-refractivity contribution in [3.63, 3.8) is 0 Å². The summed E-state index contributed by atoms with van der Waals surface area (Å²) in [6, 6.07) is 4.42. The van der Waals surface area contributed by atoms with Gasteiger partial charge in [0.15, 0.2) is 9.84 Å².